The minimum Gasteiger partial charge on any atom is -0.396 e. The van der Waals surface area contributed by atoms with Gasteiger partial charge in [-0.1, -0.05) is 11.6 Å². The number of nitrogens with two attached hydrogens (primary N) is 1. The van der Waals surface area contributed by atoms with Gasteiger partial charge in [-0.2, -0.15) is 4.31 Å². The minimum absolute atomic E-state index is 0.0866. The fourth-order valence-electron chi connectivity index (χ4n) is 1.87. The molecule has 0 aromatic heterocycles. The van der Waals surface area contributed by atoms with Crippen LogP contribution in [0.15, 0.2) is 17.0 Å². The molecule has 0 bridgehead atoms. The Labute approximate surface area is 116 Å². The molecule has 0 unspecified atom stereocenters. The number of ether oxygens (including phenoxy) is 1. The van der Waals surface area contributed by atoms with Gasteiger partial charge in [-0.3, -0.25) is 0 Å². The standard InChI is InChI=1S/C11H14ClFN2O3S/c12-8-6-9(14)11(13)10(7-8)19(16,17)15-2-1-4-18-5-3-15/h6-7H,1-5,14H2. The van der Waals surface area contributed by atoms with Crippen molar-refractivity contribution in [1.29, 1.82) is 0 Å². The van der Waals surface area contributed by atoms with Crippen molar-refractivity contribution in [2.45, 2.75) is 11.3 Å². The predicted octanol–water partition coefficient (Wildman–Crippen LogP) is 1.47. The van der Waals surface area contributed by atoms with Gasteiger partial charge in [0.1, 0.15) is 4.90 Å². The number of rotatable bonds is 2. The van der Waals surface area contributed by atoms with Crippen molar-refractivity contribution in [1.82, 2.24) is 4.31 Å². The van der Waals surface area contributed by atoms with Crippen LogP contribution in [0.3, 0.4) is 0 Å². The van der Waals surface area contributed by atoms with Gasteiger partial charge in [0.05, 0.1) is 12.3 Å². The van der Waals surface area contributed by atoms with E-state index < -0.39 is 20.7 Å². The fourth-order valence-corrected chi connectivity index (χ4v) is 3.75. The van der Waals surface area contributed by atoms with E-state index in [1.165, 1.54) is 10.4 Å². The molecule has 2 rings (SSSR count). The molecule has 0 aliphatic carbocycles. The van der Waals surface area contributed by atoms with E-state index in [9.17, 15) is 12.8 Å². The van der Waals surface area contributed by atoms with Crippen molar-refractivity contribution in [3.8, 4) is 0 Å². The Morgan fingerprint density at radius 2 is 2.05 bits per heavy atom. The fraction of sp³-hybridized carbons (Fsp3) is 0.455. The molecule has 1 aliphatic rings. The Morgan fingerprint density at radius 3 is 2.79 bits per heavy atom. The van der Waals surface area contributed by atoms with Crippen LogP contribution in [0.2, 0.25) is 5.02 Å². The molecular weight excluding hydrogens is 295 g/mol. The number of hydrogen-bond acceptors (Lipinski definition) is 4. The lowest BCUT2D eigenvalue weighted by molar-refractivity contribution is 0.148. The first-order chi connectivity index (χ1) is 8.93. The maximum Gasteiger partial charge on any atom is 0.246 e. The Hall–Kier alpha value is -0.890. The maximum atomic E-state index is 13.9. The van der Waals surface area contributed by atoms with Crippen LogP contribution in [0, 0.1) is 5.82 Å². The first-order valence-corrected chi connectivity index (χ1v) is 7.57. The summed E-state index contributed by atoms with van der Waals surface area (Å²) in [5.41, 5.74) is 5.13. The zero-order valence-electron chi connectivity index (χ0n) is 10.1. The second-order valence-electron chi connectivity index (χ2n) is 4.18. The number of benzene rings is 1. The summed E-state index contributed by atoms with van der Waals surface area (Å²) in [5, 5.41) is 0.0866. The third-order valence-electron chi connectivity index (χ3n) is 2.83. The van der Waals surface area contributed by atoms with E-state index >= 15 is 0 Å². The first kappa shape index (κ1) is 14.5. The van der Waals surface area contributed by atoms with E-state index in [0.29, 0.717) is 13.0 Å². The summed E-state index contributed by atoms with van der Waals surface area (Å²) < 4.78 is 45.0. The molecular formula is C11H14ClFN2O3S. The highest BCUT2D eigenvalue weighted by Gasteiger charge is 2.29. The van der Waals surface area contributed by atoms with Crippen molar-refractivity contribution >= 4 is 27.3 Å². The molecule has 1 fully saturated rings. The molecule has 19 heavy (non-hydrogen) atoms. The van der Waals surface area contributed by atoms with Gasteiger partial charge in [-0.15, -0.1) is 0 Å². The Balaban J connectivity index is 2.44. The lowest BCUT2D eigenvalue weighted by Crippen LogP contribution is -2.33. The van der Waals surface area contributed by atoms with E-state index in [1.54, 1.807) is 0 Å². The number of hydrogen-bond donors (Lipinski definition) is 1. The average Bonchev–Trinajstić information content (AvgIpc) is 2.62. The van der Waals surface area contributed by atoms with Crippen molar-refractivity contribution in [2.75, 3.05) is 32.0 Å². The smallest absolute Gasteiger partial charge is 0.246 e. The molecule has 0 atom stereocenters. The highest BCUT2D eigenvalue weighted by Crippen LogP contribution is 2.27. The zero-order valence-corrected chi connectivity index (χ0v) is 11.7. The van der Waals surface area contributed by atoms with Crippen molar-refractivity contribution in [3.63, 3.8) is 0 Å². The Morgan fingerprint density at radius 1 is 1.32 bits per heavy atom. The zero-order chi connectivity index (χ0) is 14.0. The highest BCUT2D eigenvalue weighted by atomic mass is 35.5. The van der Waals surface area contributed by atoms with E-state index in [1.807, 2.05) is 0 Å². The molecule has 5 nitrogen and oxygen atoms in total. The molecule has 0 spiro atoms. The number of halogens is 2. The van der Waals surface area contributed by atoms with Crippen LogP contribution < -0.4 is 5.73 Å². The van der Waals surface area contributed by atoms with Crippen molar-refractivity contribution < 1.29 is 17.5 Å². The summed E-state index contributed by atoms with van der Waals surface area (Å²) in [6, 6.07) is 2.26. The van der Waals surface area contributed by atoms with Gasteiger partial charge in [0.2, 0.25) is 10.0 Å². The van der Waals surface area contributed by atoms with Gasteiger partial charge < -0.3 is 10.5 Å². The van der Waals surface area contributed by atoms with Crippen molar-refractivity contribution in [2.24, 2.45) is 0 Å². The van der Waals surface area contributed by atoms with E-state index in [4.69, 9.17) is 22.1 Å². The molecule has 0 amide bonds. The van der Waals surface area contributed by atoms with Crippen LogP contribution in [-0.2, 0) is 14.8 Å². The van der Waals surface area contributed by atoms with Crippen LogP contribution >= 0.6 is 11.6 Å². The molecule has 0 saturated carbocycles. The summed E-state index contributed by atoms with van der Waals surface area (Å²) in [6.07, 6.45) is 0.566. The molecule has 8 heteroatoms. The van der Waals surface area contributed by atoms with E-state index in [0.717, 1.165) is 6.07 Å². The van der Waals surface area contributed by atoms with Gasteiger partial charge in [0, 0.05) is 24.7 Å². The number of anilines is 1. The van der Waals surface area contributed by atoms with Gasteiger partial charge in [-0.25, -0.2) is 12.8 Å². The van der Waals surface area contributed by atoms with E-state index in [-0.39, 0.29) is 30.4 Å². The normalized spacial score (nSPS) is 18.2. The molecule has 1 saturated heterocycles. The van der Waals surface area contributed by atoms with Gasteiger partial charge in [0.25, 0.3) is 0 Å². The van der Waals surface area contributed by atoms with Gasteiger partial charge >= 0.3 is 0 Å². The molecule has 2 N–H and O–H groups in total. The average molecular weight is 309 g/mol. The summed E-state index contributed by atoms with van der Waals surface area (Å²) in [4.78, 5) is -0.487. The van der Waals surface area contributed by atoms with Crippen LogP contribution in [0.5, 0.6) is 0 Å². The number of sulfonamides is 1. The van der Waals surface area contributed by atoms with Crippen molar-refractivity contribution in [3.05, 3.63) is 23.0 Å². The second-order valence-corrected chi connectivity index (χ2v) is 6.52. The third-order valence-corrected chi connectivity index (χ3v) is 4.95. The molecule has 1 aromatic rings. The first-order valence-electron chi connectivity index (χ1n) is 5.75. The topological polar surface area (TPSA) is 72.6 Å². The lowest BCUT2D eigenvalue weighted by Gasteiger charge is -2.20. The van der Waals surface area contributed by atoms with Gasteiger partial charge in [-0.05, 0) is 18.6 Å². The molecule has 1 aromatic carbocycles. The van der Waals surface area contributed by atoms with Crippen LogP contribution in [0.1, 0.15) is 6.42 Å². The van der Waals surface area contributed by atoms with Gasteiger partial charge in [0.15, 0.2) is 5.82 Å². The maximum absolute atomic E-state index is 13.9. The summed E-state index contributed by atoms with van der Waals surface area (Å²) in [5.74, 6) is -0.963. The highest BCUT2D eigenvalue weighted by molar-refractivity contribution is 7.89. The summed E-state index contributed by atoms with van der Waals surface area (Å²) >= 11 is 5.74. The van der Waals surface area contributed by atoms with Crippen LogP contribution in [0.25, 0.3) is 0 Å². The SMILES string of the molecule is Nc1cc(Cl)cc(S(=O)(=O)N2CCCOCC2)c1F. The summed E-state index contributed by atoms with van der Waals surface area (Å²) in [7, 11) is -3.95. The molecule has 106 valence electrons. The largest absolute Gasteiger partial charge is 0.396 e. The molecule has 1 aliphatic heterocycles. The van der Waals surface area contributed by atoms with Crippen LogP contribution in [0.4, 0.5) is 10.1 Å². The quantitative estimate of drug-likeness (QED) is 0.840. The lowest BCUT2D eigenvalue weighted by atomic mass is 10.3. The Kier molecular flexibility index (Phi) is 4.29. The molecule has 1 heterocycles. The number of nitrogens with zero attached hydrogens (tertiary/aromatic N) is 1. The van der Waals surface area contributed by atoms with Crippen LogP contribution in [-0.4, -0.2) is 39.0 Å². The Bertz CT molecular complexity index is 572. The minimum atomic E-state index is -3.95. The summed E-state index contributed by atoms with van der Waals surface area (Å²) in [6.45, 7) is 1.26. The number of nitrogen functional groups attached to an aromatic ring is 1. The third kappa shape index (κ3) is 3.00. The second kappa shape index (κ2) is 5.62. The monoisotopic (exact) mass is 308 g/mol. The van der Waals surface area contributed by atoms with E-state index in [2.05, 4.69) is 0 Å². The molecule has 0 radical (unpaired) electrons. The predicted molar refractivity (Wildman–Crippen MR) is 70.0 cm³/mol.